The second-order valence-corrected chi connectivity index (χ2v) is 9.91. The van der Waals surface area contributed by atoms with Crippen LogP contribution in [0.25, 0.3) is 17.4 Å². The van der Waals surface area contributed by atoms with Crippen molar-refractivity contribution < 1.29 is 28.6 Å². The van der Waals surface area contributed by atoms with Gasteiger partial charge in [0.25, 0.3) is 11.1 Å². The molecule has 0 bridgehead atoms. The number of carboxylic acids is 1. The van der Waals surface area contributed by atoms with Gasteiger partial charge in [-0.3, -0.25) is 14.5 Å². The average molecular weight is 506 g/mol. The Bertz CT molecular complexity index is 1370. The number of rotatable bonds is 8. The summed E-state index contributed by atoms with van der Waals surface area (Å²) in [5.41, 5.74) is 3.81. The normalized spacial score (nSPS) is 14.8. The molecule has 7 nitrogen and oxygen atoms in total. The van der Waals surface area contributed by atoms with Crippen LogP contribution in [0.2, 0.25) is 0 Å². The minimum Gasteiger partial charge on any atom is -0.491 e. The van der Waals surface area contributed by atoms with Gasteiger partial charge in [0.05, 0.1) is 17.0 Å². The van der Waals surface area contributed by atoms with Crippen LogP contribution in [0.5, 0.6) is 5.75 Å². The van der Waals surface area contributed by atoms with E-state index in [1.165, 1.54) is 17.0 Å². The summed E-state index contributed by atoms with van der Waals surface area (Å²) in [6, 6.07) is 14.2. The molecular weight excluding hydrogens is 478 g/mol. The Hall–Kier alpha value is -3.78. The summed E-state index contributed by atoms with van der Waals surface area (Å²) in [5.74, 6) is 0.501. The van der Waals surface area contributed by atoms with Crippen molar-refractivity contribution in [3.8, 4) is 17.1 Å². The number of benzene rings is 2. The Morgan fingerprint density at radius 1 is 1.11 bits per heavy atom. The molecule has 1 fully saturated rings. The maximum atomic E-state index is 12.9. The summed E-state index contributed by atoms with van der Waals surface area (Å²) < 4.78 is 11.8. The second kappa shape index (κ2) is 10.5. The lowest BCUT2D eigenvalue weighted by Crippen LogP contribution is -2.32. The second-order valence-electron chi connectivity index (χ2n) is 8.91. The highest BCUT2D eigenvalue weighted by molar-refractivity contribution is 8.18. The van der Waals surface area contributed by atoms with Gasteiger partial charge in [-0.05, 0) is 78.5 Å². The van der Waals surface area contributed by atoms with Crippen molar-refractivity contribution in [2.75, 3.05) is 13.2 Å². The molecule has 36 heavy (non-hydrogen) atoms. The van der Waals surface area contributed by atoms with E-state index >= 15 is 0 Å². The lowest BCUT2D eigenvalue weighted by molar-refractivity contribution is -0.123. The molecule has 1 N–H and O–H groups in total. The largest absolute Gasteiger partial charge is 0.491 e. The first-order chi connectivity index (χ1) is 17.1. The zero-order valence-electron chi connectivity index (χ0n) is 20.5. The fourth-order valence-corrected chi connectivity index (χ4v) is 4.75. The number of ether oxygens (including phenoxy) is 1. The topological polar surface area (TPSA) is 97.1 Å². The third kappa shape index (κ3) is 5.39. The molecule has 0 unspecified atom stereocenters. The molecule has 4 rings (SSSR count). The number of thioether (sulfide) groups is 1. The van der Waals surface area contributed by atoms with Crippen molar-refractivity contribution in [2.45, 2.75) is 33.6 Å². The van der Waals surface area contributed by atoms with Crippen LogP contribution in [0.4, 0.5) is 4.79 Å². The summed E-state index contributed by atoms with van der Waals surface area (Å²) in [4.78, 5) is 38.2. The quantitative estimate of drug-likeness (QED) is 0.349. The van der Waals surface area contributed by atoms with Crippen molar-refractivity contribution in [1.29, 1.82) is 0 Å². The van der Waals surface area contributed by atoms with E-state index in [2.05, 4.69) is 13.8 Å². The smallest absolute Gasteiger partial charge is 0.335 e. The number of amides is 2. The van der Waals surface area contributed by atoms with Gasteiger partial charge in [-0.15, -0.1) is 0 Å². The molecule has 2 aromatic carbocycles. The molecule has 2 amide bonds. The summed E-state index contributed by atoms with van der Waals surface area (Å²) in [6.45, 7) is 8.35. The molecule has 0 radical (unpaired) electrons. The van der Waals surface area contributed by atoms with Gasteiger partial charge in [0.1, 0.15) is 23.9 Å². The minimum atomic E-state index is -1.02. The predicted octanol–water partition coefficient (Wildman–Crippen LogP) is 6.50. The number of aryl methyl sites for hydroxylation is 2. The number of carboxylic acid groups (broad SMARTS) is 1. The minimum absolute atomic E-state index is 0.137. The van der Waals surface area contributed by atoms with E-state index in [0.717, 1.165) is 34.2 Å². The molecule has 0 aliphatic carbocycles. The third-order valence-corrected chi connectivity index (χ3v) is 6.79. The van der Waals surface area contributed by atoms with Crippen molar-refractivity contribution in [3.63, 3.8) is 0 Å². The predicted molar refractivity (Wildman–Crippen MR) is 139 cm³/mol. The lowest BCUT2D eigenvalue weighted by Gasteiger charge is -2.17. The molecule has 1 saturated heterocycles. The summed E-state index contributed by atoms with van der Waals surface area (Å²) >= 11 is 0.853. The number of aromatic carboxylic acids is 1. The van der Waals surface area contributed by atoms with E-state index in [-0.39, 0.29) is 34.8 Å². The van der Waals surface area contributed by atoms with Gasteiger partial charge in [0.2, 0.25) is 0 Å². The van der Waals surface area contributed by atoms with Gasteiger partial charge in [-0.25, -0.2) is 4.79 Å². The number of nitrogens with zero attached hydrogens (tertiary/aromatic N) is 1. The fraction of sp³-hybridized carbons (Fsp3) is 0.250. The molecular formula is C28H27NO6S. The van der Waals surface area contributed by atoms with E-state index in [9.17, 15) is 19.5 Å². The van der Waals surface area contributed by atoms with Gasteiger partial charge in [-0.1, -0.05) is 32.0 Å². The summed E-state index contributed by atoms with van der Waals surface area (Å²) in [5, 5.41) is 8.91. The van der Waals surface area contributed by atoms with Crippen LogP contribution in [0.15, 0.2) is 57.9 Å². The van der Waals surface area contributed by atoms with E-state index < -0.39 is 11.9 Å². The van der Waals surface area contributed by atoms with Gasteiger partial charge in [-0.2, -0.15) is 0 Å². The SMILES string of the molecule is Cc1ccc(C(C)C)c(OCCN2C(=O)S/C(=C\c3ccc(-c4cc(C(=O)O)ccc4C)o3)C2=O)c1. The van der Waals surface area contributed by atoms with Crippen molar-refractivity contribution >= 4 is 35.0 Å². The Morgan fingerprint density at radius 2 is 1.89 bits per heavy atom. The van der Waals surface area contributed by atoms with E-state index in [4.69, 9.17) is 9.15 Å². The maximum Gasteiger partial charge on any atom is 0.335 e. The summed E-state index contributed by atoms with van der Waals surface area (Å²) in [7, 11) is 0. The zero-order valence-corrected chi connectivity index (χ0v) is 21.3. The van der Waals surface area contributed by atoms with E-state index in [1.54, 1.807) is 24.3 Å². The first-order valence-electron chi connectivity index (χ1n) is 11.6. The third-order valence-electron chi connectivity index (χ3n) is 5.89. The Balaban J connectivity index is 1.45. The molecule has 1 aromatic heterocycles. The maximum absolute atomic E-state index is 12.9. The molecule has 2 heterocycles. The molecule has 186 valence electrons. The highest BCUT2D eigenvalue weighted by atomic mass is 32.2. The first kappa shape index (κ1) is 25.3. The molecule has 0 saturated carbocycles. The molecule has 8 heteroatoms. The van der Waals surface area contributed by atoms with Crippen LogP contribution in [-0.2, 0) is 4.79 Å². The van der Waals surface area contributed by atoms with Crippen molar-refractivity contribution in [3.05, 3.63) is 81.5 Å². The van der Waals surface area contributed by atoms with Gasteiger partial charge < -0.3 is 14.3 Å². The molecule has 1 aliphatic heterocycles. The highest BCUT2D eigenvalue weighted by Gasteiger charge is 2.35. The van der Waals surface area contributed by atoms with Crippen molar-refractivity contribution in [2.24, 2.45) is 0 Å². The monoisotopic (exact) mass is 505 g/mol. The number of hydrogen-bond donors (Lipinski definition) is 1. The molecule has 0 spiro atoms. The van der Waals surface area contributed by atoms with Crippen LogP contribution in [0, 0.1) is 13.8 Å². The average Bonchev–Trinajstić information content (AvgIpc) is 3.39. The standard InChI is InChI=1S/C28H27NO6S/c1-16(2)21-9-5-17(3)13-24(21)34-12-11-29-26(30)25(36-28(29)33)15-20-8-10-23(35-20)22-14-19(27(31)32)7-6-18(22)4/h5-10,13-16H,11-12H2,1-4H3,(H,31,32)/b25-15-. The van der Waals surface area contributed by atoms with Crippen LogP contribution in [-0.4, -0.2) is 40.3 Å². The number of carbonyl (C=O) groups excluding carboxylic acids is 2. The highest BCUT2D eigenvalue weighted by Crippen LogP contribution is 2.34. The van der Waals surface area contributed by atoms with Gasteiger partial charge >= 0.3 is 5.97 Å². The molecule has 1 aliphatic rings. The van der Waals surface area contributed by atoms with Gasteiger partial charge in [0.15, 0.2) is 0 Å². The van der Waals surface area contributed by atoms with Crippen LogP contribution in [0.1, 0.15) is 52.6 Å². The molecule has 0 atom stereocenters. The zero-order chi connectivity index (χ0) is 26.0. The van der Waals surface area contributed by atoms with Crippen LogP contribution in [0.3, 0.4) is 0 Å². The van der Waals surface area contributed by atoms with E-state index in [0.29, 0.717) is 17.1 Å². The first-order valence-corrected chi connectivity index (χ1v) is 12.4. The van der Waals surface area contributed by atoms with Gasteiger partial charge in [0, 0.05) is 11.6 Å². The number of imide groups is 1. The number of furan rings is 1. The number of carbonyl (C=O) groups is 3. The lowest BCUT2D eigenvalue weighted by atomic mass is 10.0. The van der Waals surface area contributed by atoms with Crippen molar-refractivity contribution in [1.82, 2.24) is 4.90 Å². The molecule has 3 aromatic rings. The number of hydrogen-bond acceptors (Lipinski definition) is 6. The Morgan fingerprint density at radius 3 is 2.61 bits per heavy atom. The van der Waals surface area contributed by atoms with E-state index in [1.807, 2.05) is 32.0 Å². The Labute approximate surface area is 213 Å². The van der Waals surface area contributed by atoms with Crippen LogP contribution >= 0.6 is 11.8 Å². The summed E-state index contributed by atoms with van der Waals surface area (Å²) in [6.07, 6.45) is 1.53. The van der Waals surface area contributed by atoms with Crippen LogP contribution < -0.4 is 4.74 Å². The Kier molecular flexibility index (Phi) is 7.35. The fourth-order valence-electron chi connectivity index (χ4n) is 3.91.